The molecule has 0 saturated carbocycles. The summed E-state index contributed by atoms with van der Waals surface area (Å²) in [4.78, 5) is 14.4. The second-order valence-electron chi connectivity index (χ2n) is 5.94. The molecule has 1 aromatic heterocycles. The van der Waals surface area contributed by atoms with Crippen molar-refractivity contribution in [2.24, 2.45) is 7.05 Å². The Morgan fingerprint density at radius 1 is 1.12 bits per heavy atom. The molecule has 3 rings (SSSR count). The van der Waals surface area contributed by atoms with Crippen LogP contribution in [0.15, 0.2) is 39.7 Å². The number of carbonyl (C=O) groups excluding carboxylic acids is 1. The lowest BCUT2D eigenvalue weighted by atomic mass is 10.3. The van der Waals surface area contributed by atoms with Gasteiger partial charge in [0.05, 0.1) is 4.90 Å². The first-order valence-corrected chi connectivity index (χ1v) is 10.1. The fraction of sp³-hybridized carbons (Fsp3) is 0.375. The SMILES string of the molecule is Cc1cc(C(=O)N2CCN(S(=O)(=O)c3ccc(Br)cc3)CC2)nn1C. The molecule has 0 radical (unpaired) electrons. The number of benzene rings is 1. The van der Waals surface area contributed by atoms with Crippen molar-refractivity contribution >= 4 is 31.9 Å². The number of aromatic nitrogens is 2. The van der Waals surface area contributed by atoms with Crippen molar-refractivity contribution in [2.75, 3.05) is 26.2 Å². The molecular formula is C16H19BrN4O3S. The first-order chi connectivity index (χ1) is 11.8. The van der Waals surface area contributed by atoms with Gasteiger partial charge in [0.15, 0.2) is 5.69 Å². The summed E-state index contributed by atoms with van der Waals surface area (Å²) >= 11 is 3.30. The van der Waals surface area contributed by atoms with Crippen LogP contribution < -0.4 is 0 Å². The zero-order valence-corrected chi connectivity index (χ0v) is 16.4. The lowest BCUT2D eigenvalue weighted by Crippen LogP contribution is -2.50. The van der Waals surface area contributed by atoms with Gasteiger partial charge < -0.3 is 4.90 Å². The number of rotatable bonds is 3. The summed E-state index contributed by atoms with van der Waals surface area (Å²) < 4.78 is 29.3. The standard InChI is InChI=1S/C16H19BrN4O3S/c1-12-11-15(18-19(12)2)16(22)20-7-9-21(10-8-20)25(23,24)14-5-3-13(17)4-6-14/h3-6,11H,7-10H2,1-2H3. The summed E-state index contributed by atoms with van der Waals surface area (Å²) in [6.45, 7) is 3.13. The molecular weight excluding hydrogens is 408 g/mol. The van der Waals surface area contributed by atoms with E-state index in [0.29, 0.717) is 18.8 Å². The van der Waals surface area contributed by atoms with E-state index < -0.39 is 10.0 Å². The van der Waals surface area contributed by atoms with Crippen molar-refractivity contribution in [1.82, 2.24) is 19.0 Å². The van der Waals surface area contributed by atoms with Gasteiger partial charge in [0.25, 0.3) is 5.91 Å². The number of piperazine rings is 1. The Kier molecular flexibility index (Phi) is 4.99. The van der Waals surface area contributed by atoms with Crippen LogP contribution in [-0.2, 0) is 17.1 Å². The largest absolute Gasteiger partial charge is 0.335 e. The monoisotopic (exact) mass is 426 g/mol. The van der Waals surface area contributed by atoms with Crippen LogP contribution in [0, 0.1) is 6.92 Å². The van der Waals surface area contributed by atoms with Crippen LogP contribution in [0.1, 0.15) is 16.2 Å². The van der Waals surface area contributed by atoms with Gasteiger partial charge in [-0.25, -0.2) is 8.42 Å². The molecule has 0 aliphatic carbocycles. The van der Waals surface area contributed by atoms with Gasteiger partial charge >= 0.3 is 0 Å². The maximum Gasteiger partial charge on any atom is 0.274 e. The molecule has 1 saturated heterocycles. The molecule has 2 aromatic rings. The van der Waals surface area contributed by atoms with E-state index in [9.17, 15) is 13.2 Å². The fourth-order valence-electron chi connectivity index (χ4n) is 2.71. The predicted octanol–water partition coefficient (Wildman–Crippen LogP) is 1.64. The van der Waals surface area contributed by atoms with Crippen molar-refractivity contribution in [2.45, 2.75) is 11.8 Å². The Hall–Kier alpha value is -1.71. The number of aryl methyl sites for hydroxylation is 2. The number of nitrogens with zero attached hydrogens (tertiary/aromatic N) is 4. The zero-order valence-electron chi connectivity index (χ0n) is 14.0. The van der Waals surface area contributed by atoms with Crippen LogP contribution in [0.3, 0.4) is 0 Å². The Labute approximate surface area is 155 Å². The van der Waals surface area contributed by atoms with E-state index in [1.165, 1.54) is 4.31 Å². The highest BCUT2D eigenvalue weighted by molar-refractivity contribution is 9.10. The van der Waals surface area contributed by atoms with Crippen molar-refractivity contribution in [3.8, 4) is 0 Å². The molecule has 7 nitrogen and oxygen atoms in total. The van der Waals surface area contributed by atoms with Crippen molar-refractivity contribution in [3.63, 3.8) is 0 Å². The van der Waals surface area contributed by atoms with E-state index in [4.69, 9.17) is 0 Å². The van der Waals surface area contributed by atoms with Crippen LogP contribution in [-0.4, -0.2) is 59.5 Å². The molecule has 1 aromatic carbocycles. The first-order valence-electron chi connectivity index (χ1n) is 7.84. The molecule has 1 aliphatic heterocycles. The van der Waals surface area contributed by atoms with Gasteiger partial charge in [0, 0.05) is 43.4 Å². The lowest BCUT2D eigenvalue weighted by Gasteiger charge is -2.33. The highest BCUT2D eigenvalue weighted by Crippen LogP contribution is 2.20. The predicted molar refractivity (Wildman–Crippen MR) is 96.7 cm³/mol. The van der Waals surface area contributed by atoms with Gasteiger partial charge in [-0.3, -0.25) is 9.48 Å². The molecule has 0 unspecified atom stereocenters. The lowest BCUT2D eigenvalue weighted by molar-refractivity contribution is 0.0691. The number of hydrogen-bond acceptors (Lipinski definition) is 4. The van der Waals surface area contributed by atoms with Crippen molar-refractivity contribution in [1.29, 1.82) is 0 Å². The fourth-order valence-corrected chi connectivity index (χ4v) is 4.40. The average molecular weight is 427 g/mol. The van der Waals surface area contributed by atoms with Gasteiger partial charge in [-0.05, 0) is 37.3 Å². The quantitative estimate of drug-likeness (QED) is 0.747. The van der Waals surface area contributed by atoms with Crippen LogP contribution >= 0.6 is 15.9 Å². The van der Waals surface area contributed by atoms with E-state index in [-0.39, 0.29) is 23.9 Å². The van der Waals surface area contributed by atoms with E-state index in [1.807, 2.05) is 6.92 Å². The molecule has 0 bridgehead atoms. The van der Waals surface area contributed by atoms with Gasteiger partial charge in [-0.1, -0.05) is 15.9 Å². The summed E-state index contributed by atoms with van der Waals surface area (Å²) in [6, 6.07) is 8.31. The minimum Gasteiger partial charge on any atom is -0.335 e. The summed E-state index contributed by atoms with van der Waals surface area (Å²) in [6.07, 6.45) is 0. The molecule has 0 spiro atoms. The molecule has 1 aliphatic rings. The third kappa shape index (κ3) is 3.63. The van der Waals surface area contributed by atoms with Crippen LogP contribution in [0.25, 0.3) is 0 Å². The average Bonchev–Trinajstić information content (AvgIpc) is 2.94. The van der Waals surface area contributed by atoms with E-state index in [1.54, 1.807) is 47.0 Å². The van der Waals surface area contributed by atoms with Crippen LogP contribution in [0.5, 0.6) is 0 Å². The minimum absolute atomic E-state index is 0.163. The highest BCUT2D eigenvalue weighted by Gasteiger charge is 2.31. The van der Waals surface area contributed by atoms with Crippen LogP contribution in [0.4, 0.5) is 0 Å². The third-order valence-electron chi connectivity index (χ3n) is 4.31. The maximum absolute atomic E-state index is 12.7. The Bertz CT molecular complexity index is 865. The van der Waals surface area contributed by atoms with E-state index >= 15 is 0 Å². The van der Waals surface area contributed by atoms with Crippen molar-refractivity contribution < 1.29 is 13.2 Å². The second-order valence-corrected chi connectivity index (χ2v) is 8.80. The van der Waals surface area contributed by atoms with Gasteiger partial charge in [-0.15, -0.1) is 0 Å². The van der Waals surface area contributed by atoms with Crippen molar-refractivity contribution in [3.05, 3.63) is 46.2 Å². The smallest absolute Gasteiger partial charge is 0.274 e. The first kappa shape index (κ1) is 18.1. The number of carbonyl (C=O) groups is 1. The highest BCUT2D eigenvalue weighted by atomic mass is 79.9. The molecule has 0 N–H and O–H groups in total. The molecule has 1 amide bonds. The van der Waals surface area contributed by atoms with Gasteiger partial charge in [0.1, 0.15) is 0 Å². The van der Waals surface area contributed by atoms with E-state index in [0.717, 1.165) is 10.2 Å². The minimum atomic E-state index is -3.54. The van der Waals surface area contributed by atoms with Crippen LogP contribution in [0.2, 0.25) is 0 Å². The summed E-state index contributed by atoms with van der Waals surface area (Å²) in [7, 11) is -1.75. The zero-order chi connectivity index (χ0) is 18.2. The maximum atomic E-state index is 12.7. The number of hydrogen-bond donors (Lipinski definition) is 0. The number of sulfonamides is 1. The van der Waals surface area contributed by atoms with Gasteiger partial charge in [-0.2, -0.15) is 9.40 Å². The third-order valence-corrected chi connectivity index (χ3v) is 6.75. The second kappa shape index (κ2) is 6.89. The summed E-state index contributed by atoms with van der Waals surface area (Å²) in [5.41, 5.74) is 1.30. The summed E-state index contributed by atoms with van der Waals surface area (Å²) in [5.74, 6) is -0.163. The summed E-state index contributed by atoms with van der Waals surface area (Å²) in [5, 5.41) is 4.20. The number of amides is 1. The topological polar surface area (TPSA) is 75.5 Å². The molecule has 25 heavy (non-hydrogen) atoms. The molecule has 1 fully saturated rings. The van der Waals surface area contributed by atoms with Gasteiger partial charge in [0.2, 0.25) is 10.0 Å². The molecule has 0 atom stereocenters. The Balaban J connectivity index is 1.69. The molecule has 134 valence electrons. The Morgan fingerprint density at radius 2 is 1.72 bits per heavy atom. The molecule has 2 heterocycles. The number of halogens is 1. The van der Waals surface area contributed by atoms with E-state index in [2.05, 4.69) is 21.0 Å². The molecule has 9 heteroatoms. The normalized spacial score (nSPS) is 16.2. The Morgan fingerprint density at radius 3 is 2.24 bits per heavy atom.